The molecule has 1 aliphatic heterocycles. The summed E-state index contributed by atoms with van der Waals surface area (Å²) in [6, 6.07) is 0. The predicted molar refractivity (Wildman–Crippen MR) is 56.1 cm³/mol. The van der Waals surface area contributed by atoms with Crippen LogP contribution < -0.4 is 16.0 Å². The Morgan fingerprint density at radius 1 is 0.647 bits per heavy atom. The second kappa shape index (κ2) is 11.4. The van der Waals surface area contributed by atoms with E-state index in [0.717, 1.165) is 52.4 Å². The van der Waals surface area contributed by atoms with E-state index in [1.54, 1.807) is 0 Å². The molecule has 0 aromatic rings. The first kappa shape index (κ1) is 17.3. The van der Waals surface area contributed by atoms with Gasteiger partial charge in [-0.2, -0.15) is 0 Å². The van der Waals surface area contributed by atoms with Gasteiger partial charge in [-0.1, -0.05) is 0 Å². The van der Waals surface area contributed by atoms with E-state index in [2.05, 4.69) is 21.3 Å². The van der Waals surface area contributed by atoms with Gasteiger partial charge in [0.2, 0.25) is 0 Å². The zero-order valence-corrected chi connectivity index (χ0v) is 11.2. The van der Waals surface area contributed by atoms with Crippen LogP contribution in [0.1, 0.15) is 0 Å². The van der Waals surface area contributed by atoms with Crippen LogP contribution in [0.25, 0.3) is 5.32 Å². The molecule has 1 rings (SSSR count). The van der Waals surface area contributed by atoms with E-state index in [1.165, 1.54) is 0 Å². The molecule has 1 aliphatic rings. The monoisotopic (exact) mass is 295 g/mol. The molecule has 0 aromatic carbocycles. The Bertz CT molecular complexity index is 121. The van der Waals surface area contributed by atoms with E-state index in [0.29, 0.717) is 0 Å². The van der Waals surface area contributed by atoms with E-state index in [4.69, 9.17) is 0 Å². The summed E-state index contributed by atoms with van der Waals surface area (Å²) in [6.07, 6.45) is 0. The first-order valence-electron chi connectivity index (χ1n) is 5.51. The number of nitrogens with one attached hydrogen (secondary N) is 3. The van der Waals surface area contributed by atoms with Crippen molar-refractivity contribution >= 4 is 0 Å². The van der Waals surface area contributed by atoms with Gasteiger partial charge < -0.3 is 21.3 Å². The van der Waals surface area contributed by atoms with Crippen LogP contribution >= 0.6 is 0 Å². The van der Waals surface area contributed by atoms with Crippen molar-refractivity contribution < 1.29 is 31.1 Å². The van der Waals surface area contributed by atoms with E-state index in [-0.39, 0.29) is 0 Å². The van der Waals surface area contributed by atoms with Gasteiger partial charge in [-0.3, -0.25) is 0 Å². The number of hydrogen-bond acceptors (Lipinski definition) is 3. The number of halogens is 4. The third kappa shape index (κ3) is 22.0. The molecular weight excluding hydrogens is 276 g/mol. The molecule has 1 fully saturated rings. The van der Waals surface area contributed by atoms with Crippen LogP contribution in [-0.4, -0.2) is 52.4 Å². The van der Waals surface area contributed by atoms with E-state index in [9.17, 15) is 12.4 Å². The normalized spacial score (nSPS) is 20.5. The van der Waals surface area contributed by atoms with Crippen LogP contribution in [0.5, 0.6) is 0 Å². The first-order chi connectivity index (χ1) is 8.00. The van der Waals surface area contributed by atoms with Crippen LogP contribution in [0.2, 0.25) is 0 Å². The minimum atomic E-state index is -7.00. The molecule has 0 amide bonds. The number of hydrogen-bond donors (Lipinski definition) is 3. The van der Waals surface area contributed by atoms with Gasteiger partial charge in [-0.15, -0.1) is 13.1 Å². The van der Waals surface area contributed by atoms with Crippen molar-refractivity contribution in [2.24, 2.45) is 0 Å². The molecule has 1 saturated heterocycles. The molecule has 1 heterocycles. The van der Waals surface area contributed by atoms with Crippen molar-refractivity contribution in [3.63, 3.8) is 0 Å². The average molecular weight is 295 g/mol. The van der Waals surface area contributed by atoms with Crippen LogP contribution in [0.15, 0.2) is 0 Å². The van der Waals surface area contributed by atoms with Gasteiger partial charge in [0, 0.05) is 26.2 Å². The topological polar surface area (TPSA) is 50.2 Å². The van der Waals surface area contributed by atoms with Crippen molar-refractivity contribution in [2.45, 2.75) is 0 Å². The molecule has 9 heteroatoms. The minimum absolute atomic E-state index is 0.946. The maximum absolute atomic E-state index is 9.88. The summed E-state index contributed by atoms with van der Waals surface area (Å²) in [5, 5.41) is 14.4. The second-order valence-electron chi connectivity index (χ2n) is 3.35. The van der Waals surface area contributed by atoms with Crippen LogP contribution in [0.3, 0.4) is 0 Å². The van der Waals surface area contributed by atoms with Crippen molar-refractivity contribution in [3.8, 4) is 0 Å². The van der Waals surface area contributed by atoms with Crippen LogP contribution in [0.4, 0.5) is 12.4 Å². The summed E-state index contributed by atoms with van der Waals surface area (Å²) in [5.41, 5.74) is 0. The van der Waals surface area contributed by atoms with Crippen molar-refractivity contribution in [1.82, 2.24) is 16.0 Å². The molecule has 17 heavy (non-hydrogen) atoms. The molecule has 0 unspecified atom stereocenters. The Hall–Kier alpha value is 0.274. The Labute approximate surface area is 105 Å². The summed E-state index contributed by atoms with van der Waals surface area (Å²) in [5.74, 6) is 0. The molecule has 3 N–H and O–H groups in total. The summed E-state index contributed by atoms with van der Waals surface area (Å²) in [4.78, 5) is 0. The van der Waals surface area contributed by atoms with Gasteiger partial charge >= 0.3 is 31.1 Å². The fourth-order valence-corrected chi connectivity index (χ4v) is 1.16. The van der Waals surface area contributed by atoms with E-state index < -0.39 is 18.7 Å². The molecule has 104 valence electrons. The van der Waals surface area contributed by atoms with Crippen molar-refractivity contribution in [3.05, 3.63) is 5.32 Å². The zero-order chi connectivity index (χ0) is 13.0. The Balaban J connectivity index is 0.000000437. The standard InChI is InChI=1S/C8H19N4.4FH.Ti/c1-2-10-5-6-12-8-7-11-4-3-9-1;;;;;/h9-11H,1-8H2;4*1H;/q-1;;;;;+4/p-4. The third-order valence-corrected chi connectivity index (χ3v) is 1.85. The molecule has 0 aliphatic carbocycles. The third-order valence-electron chi connectivity index (χ3n) is 1.85. The first-order valence-corrected chi connectivity index (χ1v) is 7.87. The second-order valence-corrected chi connectivity index (χ2v) is 4.69. The Kier molecular flexibility index (Phi) is 11.6. The van der Waals surface area contributed by atoms with Gasteiger partial charge in [0.1, 0.15) is 0 Å². The molecule has 0 spiro atoms. The molecule has 0 aromatic heterocycles. The van der Waals surface area contributed by atoms with Crippen molar-refractivity contribution in [1.29, 1.82) is 0 Å². The molecule has 0 radical (unpaired) electrons. The SMILES string of the molecule is C1CNCCNCCNCC[N-]1.[F][Ti]([F])([F])[F]. The maximum atomic E-state index is 9.88. The van der Waals surface area contributed by atoms with Crippen LogP contribution in [-0.2, 0) is 18.7 Å². The summed E-state index contributed by atoms with van der Waals surface area (Å²) in [7, 11) is 0. The predicted octanol–water partition coefficient (Wildman–Crippen LogP) is 0.821. The number of nitrogens with zero attached hydrogens (tertiary/aromatic N) is 1. The molecule has 4 nitrogen and oxygen atoms in total. The molecule has 0 bridgehead atoms. The van der Waals surface area contributed by atoms with Gasteiger partial charge in [0.25, 0.3) is 0 Å². The summed E-state index contributed by atoms with van der Waals surface area (Å²) in [6.45, 7) is 8.14. The quantitative estimate of drug-likeness (QED) is 0.458. The molecule has 0 saturated carbocycles. The van der Waals surface area contributed by atoms with Gasteiger partial charge in [0.15, 0.2) is 0 Å². The van der Waals surface area contributed by atoms with Gasteiger partial charge in [0.05, 0.1) is 0 Å². The molecular formula is C8H19F4N4Ti-. The fraction of sp³-hybridized carbons (Fsp3) is 1.00. The fourth-order valence-electron chi connectivity index (χ4n) is 1.16. The Morgan fingerprint density at radius 3 is 1.29 bits per heavy atom. The van der Waals surface area contributed by atoms with E-state index in [1.807, 2.05) is 0 Å². The van der Waals surface area contributed by atoms with Crippen molar-refractivity contribution in [2.75, 3.05) is 52.4 Å². The van der Waals surface area contributed by atoms with Crippen LogP contribution in [0, 0.1) is 0 Å². The summed E-state index contributed by atoms with van der Waals surface area (Å²) >= 11 is -7.00. The average Bonchev–Trinajstić information content (AvgIpc) is 2.15. The molecule has 0 atom stereocenters. The Morgan fingerprint density at radius 2 is 0.941 bits per heavy atom. The van der Waals surface area contributed by atoms with Gasteiger partial charge in [-0.25, -0.2) is 0 Å². The number of rotatable bonds is 0. The van der Waals surface area contributed by atoms with E-state index >= 15 is 0 Å². The zero-order valence-electron chi connectivity index (χ0n) is 9.62. The van der Waals surface area contributed by atoms with Gasteiger partial charge in [-0.05, 0) is 13.1 Å². The summed E-state index contributed by atoms with van der Waals surface area (Å²) < 4.78 is 39.5.